The van der Waals surface area contributed by atoms with Crippen LogP contribution in [0.2, 0.25) is 0 Å². The van der Waals surface area contributed by atoms with E-state index in [1.165, 1.54) is 25.1 Å². The van der Waals surface area contributed by atoms with Crippen LogP contribution in [0, 0.1) is 12.8 Å². The number of aryl methyl sites for hydroxylation is 1. The normalized spacial score (nSPS) is 14.8. The van der Waals surface area contributed by atoms with Crippen LogP contribution in [-0.4, -0.2) is 17.4 Å². The largest absolute Gasteiger partial charge is 0.364 e. The van der Waals surface area contributed by atoms with Crippen molar-refractivity contribution in [3.8, 4) is 0 Å². The summed E-state index contributed by atoms with van der Waals surface area (Å²) in [6.07, 6.45) is 5.06. The van der Waals surface area contributed by atoms with Crippen LogP contribution in [0.4, 0.5) is 0 Å². The van der Waals surface area contributed by atoms with Gasteiger partial charge in [-0.2, -0.15) is 0 Å². The number of rotatable bonds is 4. The van der Waals surface area contributed by atoms with Crippen molar-refractivity contribution in [1.29, 1.82) is 0 Å². The first-order valence-electron chi connectivity index (χ1n) is 5.64. The third-order valence-electron chi connectivity index (χ3n) is 2.84. The van der Waals surface area contributed by atoms with E-state index in [4.69, 9.17) is 0 Å². The van der Waals surface area contributed by atoms with Gasteiger partial charge in [-0.05, 0) is 19.3 Å². The molecular formula is C12H16N2O2. The molecule has 0 bridgehead atoms. The third-order valence-corrected chi connectivity index (χ3v) is 2.84. The number of pyridine rings is 1. The molecule has 86 valence electrons. The number of nitrogens with one attached hydrogen (secondary N) is 2. The van der Waals surface area contributed by atoms with Gasteiger partial charge in [0.2, 0.25) is 0 Å². The van der Waals surface area contributed by atoms with E-state index in [9.17, 15) is 9.59 Å². The minimum absolute atomic E-state index is 0.196. The van der Waals surface area contributed by atoms with Crippen molar-refractivity contribution < 1.29 is 4.79 Å². The van der Waals surface area contributed by atoms with E-state index in [1.807, 2.05) is 0 Å². The van der Waals surface area contributed by atoms with Crippen molar-refractivity contribution in [3.63, 3.8) is 0 Å². The lowest BCUT2D eigenvalue weighted by atomic mass is 10.2. The predicted octanol–water partition coefficient (Wildman–Crippen LogP) is 1.21. The third kappa shape index (κ3) is 2.72. The Hall–Kier alpha value is -1.58. The SMILES string of the molecule is Cc1cc(=O)c(C(=O)NCCC2CC2)c[nH]1. The molecular weight excluding hydrogens is 204 g/mol. The molecule has 2 rings (SSSR count). The summed E-state index contributed by atoms with van der Waals surface area (Å²) in [5.74, 6) is 0.513. The highest BCUT2D eigenvalue weighted by Gasteiger charge is 2.20. The highest BCUT2D eigenvalue weighted by molar-refractivity contribution is 5.93. The van der Waals surface area contributed by atoms with Crippen LogP contribution in [0.15, 0.2) is 17.1 Å². The van der Waals surface area contributed by atoms with Gasteiger partial charge in [-0.25, -0.2) is 0 Å². The van der Waals surface area contributed by atoms with Gasteiger partial charge in [-0.15, -0.1) is 0 Å². The molecule has 0 radical (unpaired) electrons. The van der Waals surface area contributed by atoms with E-state index in [-0.39, 0.29) is 16.9 Å². The first-order valence-corrected chi connectivity index (χ1v) is 5.64. The zero-order valence-electron chi connectivity index (χ0n) is 9.38. The van der Waals surface area contributed by atoms with Gasteiger partial charge in [-0.1, -0.05) is 12.8 Å². The van der Waals surface area contributed by atoms with Crippen LogP contribution < -0.4 is 10.7 Å². The average Bonchev–Trinajstić information content (AvgIpc) is 3.01. The van der Waals surface area contributed by atoms with Gasteiger partial charge in [0.15, 0.2) is 5.43 Å². The maximum Gasteiger partial charge on any atom is 0.256 e. The number of aromatic nitrogens is 1. The van der Waals surface area contributed by atoms with Crippen molar-refractivity contribution in [1.82, 2.24) is 10.3 Å². The molecule has 0 aromatic carbocycles. The molecule has 1 aromatic rings. The Kier molecular flexibility index (Phi) is 3.08. The van der Waals surface area contributed by atoms with Gasteiger partial charge in [-0.3, -0.25) is 9.59 Å². The zero-order chi connectivity index (χ0) is 11.5. The van der Waals surface area contributed by atoms with Crippen LogP contribution in [0.1, 0.15) is 35.3 Å². The fourth-order valence-corrected chi connectivity index (χ4v) is 1.64. The second-order valence-electron chi connectivity index (χ2n) is 4.38. The number of carbonyl (C=O) groups excluding carboxylic acids is 1. The Bertz CT molecular complexity index is 447. The molecule has 1 amide bonds. The molecule has 1 fully saturated rings. The number of aromatic amines is 1. The van der Waals surface area contributed by atoms with E-state index in [1.54, 1.807) is 6.92 Å². The Morgan fingerprint density at radius 1 is 1.56 bits per heavy atom. The fourth-order valence-electron chi connectivity index (χ4n) is 1.64. The van der Waals surface area contributed by atoms with Crippen LogP contribution in [0.25, 0.3) is 0 Å². The highest BCUT2D eigenvalue weighted by atomic mass is 16.2. The topological polar surface area (TPSA) is 62.0 Å². The average molecular weight is 220 g/mol. The second kappa shape index (κ2) is 4.51. The minimum Gasteiger partial charge on any atom is -0.364 e. The van der Waals surface area contributed by atoms with Crippen molar-refractivity contribution in [2.75, 3.05) is 6.54 Å². The summed E-state index contributed by atoms with van der Waals surface area (Å²) in [6.45, 7) is 2.45. The lowest BCUT2D eigenvalue weighted by Gasteiger charge is -2.04. The Labute approximate surface area is 94.1 Å². The molecule has 1 aliphatic carbocycles. The molecule has 1 heterocycles. The van der Waals surface area contributed by atoms with Crippen molar-refractivity contribution >= 4 is 5.91 Å². The standard InChI is InChI=1S/C12H16N2O2/c1-8-6-11(15)10(7-14-8)12(16)13-5-4-9-2-3-9/h6-7,9H,2-5H2,1H3,(H,13,16)(H,14,15). The summed E-state index contributed by atoms with van der Waals surface area (Å²) in [7, 11) is 0. The molecule has 0 aliphatic heterocycles. The summed E-state index contributed by atoms with van der Waals surface area (Å²) in [5, 5.41) is 2.77. The summed E-state index contributed by atoms with van der Waals surface area (Å²) in [5.41, 5.74) is 0.737. The maximum absolute atomic E-state index is 11.6. The molecule has 4 nitrogen and oxygen atoms in total. The van der Waals surface area contributed by atoms with Crippen LogP contribution in [0.5, 0.6) is 0 Å². The summed E-state index contributed by atoms with van der Waals surface area (Å²) in [4.78, 5) is 26.0. The van der Waals surface area contributed by atoms with E-state index < -0.39 is 0 Å². The number of hydrogen-bond donors (Lipinski definition) is 2. The molecule has 4 heteroatoms. The van der Waals surface area contributed by atoms with Gasteiger partial charge < -0.3 is 10.3 Å². The van der Waals surface area contributed by atoms with Crippen molar-refractivity contribution in [2.24, 2.45) is 5.92 Å². The first kappa shape index (κ1) is 10.9. The predicted molar refractivity (Wildman–Crippen MR) is 61.5 cm³/mol. The molecule has 0 atom stereocenters. The summed E-state index contributed by atoms with van der Waals surface area (Å²) < 4.78 is 0. The Balaban J connectivity index is 1.94. The minimum atomic E-state index is -0.276. The summed E-state index contributed by atoms with van der Waals surface area (Å²) >= 11 is 0. The Morgan fingerprint density at radius 3 is 2.94 bits per heavy atom. The first-order chi connectivity index (χ1) is 7.66. The highest BCUT2D eigenvalue weighted by Crippen LogP contribution is 2.31. The fraction of sp³-hybridized carbons (Fsp3) is 0.500. The zero-order valence-corrected chi connectivity index (χ0v) is 9.38. The van der Waals surface area contributed by atoms with Crippen molar-refractivity contribution in [2.45, 2.75) is 26.2 Å². The maximum atomic E-state index is 11.6. The number of H-pyrrole nitrogens is 1. The molecule has 0 spiro atoms. The molecule has 0 unspecified atom stereocenters. The molecule has 2 N–H and O–H groups in total. The summed E-state index contributed by atoms with van der Waals surface area (Å²) in [6, 6.07) is 1.44. The van der Waals surface area contributed by atoms with E-state index in [0.717, 1.165) is 18.0 Å². The van der Waals surface area contributed by atoms with Crippen molar-refractivity contribution in [3.05, 3.63) is 33.7 Å². The smallest absolute Gasteiger partial charge is 0.256 e. The molecule has 1 aliphatic rings. The van der Waals surface area contributed by atoms with Crippen LogP contribution in [-0.2, 0) is 0 Å². The molecule has 1 saturated carbocycles. The lowest BCUT2D eigenvalue weighted by molar-refractivity contribution is 0.0951. The van der Waals surface area contributed by atoms with E-state index in [0.29, 0.717) is 6.54 Å². The van der Waals surface area contributed by atoms with Gasteiger partial charge in [0.05, 0.1) is 0 Å². The van der Waals surface area contributed by atoms with E-state index in [2.05, 4.69) is 10.3 Å². The van der Waals surface area contributed by atoms with Crippen LogP contribution in [0.3, 0.4) is 0 Å². The van der Waals surface area contributed by atoms with Gasteiger partial charge >= 0.3 is 0 Å². The molecule has 16 heavy (non-hydrogen) atoms. The van der Waals surface area contributed by atoms with Gasteiger partial charge in [0.25, 0.3) is 5.91 Å². The second-order valence-corrected chi connectivity index (χ2v) is 4.38. The Morgan fingerprint density at radius 2 is 2.31 bits per heavy atom. The lowest BCUT2D eigenvalue weighted by Crippen LogP contribution is -2.29. The van der Waals surface area contributed by atoms with Gasteiger partial charge in [0.1, 0.15) is 5.56 Å². The molecule has 1 aromatic heterocycles. The molecule has 0 saturated heterocycles. The van der Waals surface area contributed by atoms with E-state index >= 15 is 0 Å². The number of amides is 1. The van der Waals surface area contributed by atoms with Gasteiger partial charge in [0, 0.05) is 24.5 Å². The monoisotopic (exact) mass is 220 g/mol. The number of carbonyl (C=O) groups is 1. The quantitative estimate of drug-likeness (QED) is 0.801. The number of hydrogen-bond acceptors (Lipinski definition) is 2. The van der Waals surface area contributed by atoms with Crippen LogP contribution >= 0.6 is 0 Å².